The van der Waals surface area contributed by atoms with Crippen molar-refractivity contribution >= 4 is 17.7 Å². The molecule has 1 N–H and O–H groups in total. The highest BCUT2D eigenvalue weighted by molar-refractivity contribution is 7.99. The van der Waals surface area contributed by atoms with Crippen molar-refractivity contribution in [2.24, 2.45) is 0 Å². The number of hydrogen-bond donors (Lipinski definition) is 1. The van der Waals surface area contributed by atoms with Crippen LogP contribution in [-0.2, 0) is 9.53 Å². The van der Waals surface area contributed by atoms with Crippen LogP contribution in [0.2, 0.25) is 0 Å². The number of carbonyl (C=O) groups excluding carboxylic acids is 1. The second kappa shape index (κ2) is 6.49. The number of ether oxygens (including phenoxy) is 1. The Morgan fingerprint density at radius 2 is 2.36 bits per heavy atom. The van der Waals surface area contributed by atoms with Gasteiger partial charge in [-0.15, -0.1) is 0 Å². The number of carbonyl (C=O) groups is 1. The summed E-state index contributed by atoms with van der Waals surface area (Å²) in [5, 5.41) is 9.06. The standard InChI is InChI=1S/C7H14O3S/c1-3-11-5-4-6(8)7(9)10-2/h6,8H,3-5H2,1-2H3. The van der Waals surface area contributed by atoms with Crippen LogP contribution in [-0.4, -0.2) is 35.8 Å². The summed E-state index contributed by atoms with van der Waals surface area (Å²) in [5.74, 6) is 1.27. The first-order valence-electron chi connectivity index (χ1n) is 3.56. The summed E-state index contributed by atoms with van der Waals surface area (Å²) in [5.41, 5.74) is 0. The summed E-state index contributed by atoms with van der Waals surface area (Å²) in [6.07, 6.45) is -0.468. The molecule has 0 aliphatic carbocycles. The summed E-state index contributed by atoms with van der Waals surface area (Å²) in [4.78, 5) is 10.6. The molecule has 0 aromatic rings. The van der Waals surface area contributed by atoms with E-state index in [0.717, 1.165) is 11.5 Å². The minimum atomic E-state index is -0.945. The molecule has 0 aliphatic heterocycles. The van der Waals surface area contributed by atoms with Crippen molar-refractivity contribution in [2.45, 2.75) is 19.4 Å². The van der Waals surface area contributed by atoms with Crippen LogP contribution in [0.1, 0.15) is 13.3 Å². The number of esters is 1. The molecule has 1 atom stereocenters. The molecule has 3 nitrogen and oxygen atoms in total. The maximum atomic E-state index is 10.6. The van der Waals surface area contributed by atoms with Crippen LogP contribution in [0.3, 0.4) is 0 Å². The molecule has 0 radical (unpaired) electrons. The second-order valence-corrected chi connectivity index (χ2v) is 3.42. The lowest BCUT2D eigenvalue weighted by atomic mass is 10.3. The Morgan fingerprint density at radius 3 is 2.82 bits per heavy atom. The van der Waals surface area contributed by atoms with Gasteiger partial charge in [-0.1, -0.05) is 6.92 Å². The normalized spacial score (nSPS) is 12.6. The molecular weight excluding hydrogens is 164 g/mol. The fraction of sp³-hybridized carbons (Fsp3) is 0.857. The molecule has 4 heteroatoms. The highest BCUT2D eigenvalue weighted by Crippen LogP contribution is 2.04. The number of methoxy groups -OCH3 is 1. The fourth-order valence-corrected chi connectivity index (χ4v) is 1.27. The van der Waals surface area contributed by atoms with Gasteiger partial charge in [0.2, 0.25) is 0 Å². The van der Waals surface area contributed by atoms with Crippen LogP contribution >= 0.6 is 11.8 Å². The molecule has 66 valence electrons. The lowest BCUT2D eigenvalue weighted by molar-refractivity contribution is -0.150. The highest BCUT2D eigenvalue weighted by Gasteiger charge is 2.13. The average Bonchev–Trinajstić information content (AvgIpc) is 2.03. The first-order valence-corrected chi connectivity index (χ1v) is 4.71. The quantitative estimate of drug-likeness (QED) is 0.496. The molecule has 0 saturated carbocycles. The molecule has 0 spiro atoms. The van der Waals surface area contributed by atoms with E-state index in [1.54, 1.807) is 11.8 Å². The van der Waals surface area contributed by atoms with E-state index < -0.39 is 12.1 Å². The van der Waals surface area contributed by atoms with E-state index in [1.807, 2.05) is 6.92 Å². The van der Waals surface area contributed by atoms with E-state index in [9.17, 15) is 4.79 Å². The third kappa shape index (κ3) is 5.09. The first kappa shape index (κ1) is 10.8. The molecule has 0 bridgehead atoms. The van der Waals surface area contributed by atoms with Crippen LogP contribution in [0.5, 0.6) is 0 Å². The van der Waals surface area contributed by atoms with Crippen molar-refractivity contribution in [3.8, 4) is 0 Å². The topological polar surface area (TPSA) is 46.5 Å². The molecule has 1 unspecified atom stereocenters. The largest absolute Gasteiger partial charge is 0.467 e. The van der Waals surface area contributed by atoms with Crippen molar-refractivity contribution in [3.05, 3.63) is 0 Å². The van der Waals surface area contributed by atoms with Gasteiger partial charge >= 0.3 is 5.97 Å². The molecular formula is C7H14O3S. The van der Waals surface area contributed by atoms with Gasteiger partial charge in [-0.3, -0.25) is 0 Å². The maximum Gasteiger partial charge on any atom is 0.334 e. The van der Waals surface area contributed by atoms with Gasteiger partial charge < -0.3 is 9.84 Å². The lowest BCUT2D eigenvalue weighted by Crippen LogP contribution is -2.22. The highest BCUT2D eigenvalue weighted by atomic mass is 32.2. The van der Waals surface area contributed by atoms with Crippen LogP contribution in [0.4, 0.5) is 0 Å². The smallest absolute Gasteiger partial charge is 0.334 e. The van der Waals surface area contributed by atoms with E-state index in [4.69, 9.17) is 5.11 Å². The molecule has 11 heavy (non-hydrogen) atoms. The Bertz CT molecular complexity index is 116. The minimum Gasteiger partial charge on any atom is -0.467 e. The van der Waals surface area contributed by atoms with Gasteiger partial charge in [-0.25, -0.2) is 4.79 Å². The van der Waals surface area contributed by atoms with E-state index in [1.165, 1.54) is 7.11 Å². The lowest BCUT2D eigenvalue weighted by Gasteiger charge is -2.06. The number of hydrogen-bond acceptors (Lipinski definition) is 4. The van der Waals surface area contributed by atoms with Crippen molar-refractivity contribution in [3.63, 3.8) is 0 Å². The summed E-state index contributed by atoms with van der Waals surface area (Å²) < 4.78 is 4.34. The Balaban J connectivity index is 3.36. The zero-order valence-corrected chi connectivity index (χ0v) is 7.69. The zero-order chi connectivity index (χ0) is 8.69. The van der Waals surface area contributed by atoms with E-state index >= 15 is 0 Å². The SMILES string of the molecule is CCSCCC(O)C(=O)OC. The van der Waals surface area contributed by atoms with Crippen molar-refractivity contribution in [1.82, 2.24) is 0 Å². The molecule has 0 amide bonds. The van der Waals surface area contributed by atoms with E-state index in [2.05, 4.69) is 4.74 Å². The molecule has 0 aromatic carbocycles. The van der Waals surface area contributed by atoms with Crippen molar-refractivity contribution in [1.29, 1.82) is 0 Å². The number of aliphatic hydroxyl groups excluding tert-OH is 1. The van der Waals surface area contributed by atoms with Crippen molar-refractivity contribution in [2.75, 3.05) is 18.6 Å². The predicted molar refractivity (Wildman–Crippen MR) is 45.6 cm³/mol. The van der Waals surface area contributed by atoms with Gasteiger partial charge in [-0.2, -0.15) is 11.8 Å². The van der Waals surface area contributed by atoms with Crippen LogP contribution in [0.15, 0.2) is 0 Å². The summed E-state index contributed by atoms with van der Waals surface area (Å²) in [6, 6.07) is 0. The number of thioether (sulfide) groups is 1. The van der Waals surface area contributed by atoms with Gasteiger partial charge in [0.05, 0.1) is 7.11 Å². The molecule has 0 saturated heterocycles. The van der Waals surface area contributed by atoms with Crippen molar-refractivity contribution < 1.29 is 14.6 Å². The van der Waals surface area contributed by atoms with Gasteiger partial charge in [0.25, 0.3) is 0 Å². The van der Waals surface area contributed by atoms with Crippen LogP contribution in [0.25, 0.3) is 0 Å². The third-order valence-electron chi connectivity index (χ3n) is 1.21. The monoisotopic (exact) mass is 178 g/mol. The predicted octanol–water partition coefficient (Wildman–Crippen LogP) is 0.663. The Hall–Kier alpha value is -0.220. The zero-order valence-electron chi connectivity index (χ0n) is 6.87. The van der Waals surface area contributed by atoms with Gasteiger partial charge in [0, 0.05) is 0 Å². The second-order valence-electron chi connectivity index (χ2n) is 2.02. The minimum absolute atomic E-state index is 0.477. The van der Waals surface area contributed by atoms with Gasteiger partial charge in [0.15, 0.2) is 6.10 Å². The maximum absolute atomic E-state index is 10.6. The summed E-state index contributed by atoms with van der Waals surface area (Å²) in [7, 11) is 1.28. The molecule has 0 fully saturated rings. The Morgan fingerprint density at radius 1 is 1.73 bits per heavy atom. The number of rotatable bonds is 5. The molecule has 0 aliphatic rings. The molecule has 0 heterocycles. The van der Waals surface area contributed by atoms with E-state index in [-0.39, 0.29) is 0 Å². The van der Waals surface area contributed by atoms with E-state index in [0.29, 0.717) is 6.42 Å². The number of aliphatic hydroxyl groups is 1. The summed E-state index contributed by atoms with van der Waals surface area (Å²) >= 11 is 1.70. The first-order chi connectivity index (χ1) is 5.22. The molecule has 0 rings (SSSR count). The van der Waals surface area contributed by atoms with Crippen LogP contribution < -0.4 is 0 Å². The Labute approximate surface area is 71.1 Å². The average molecular weight is 178 g/mol. The van der Waals surface area contributed by atoms with Gasteiger partial charge in [0.1, 0.15) is 0 Å². The summed E-state index contributed by atoms with van der Waals surface area (Å²) in [6.45, 7) is 2.04. The molecule has 0 aromatic heterocycles. The third-order valence-corrected chi connectivity index (χ3v) is 2.15. The fourth-order valence-electron chi connectivity index (χ4n) is 0.593. The Kier molecular flexibility index (Phi) is 6.36. The van der Waals surface area contributed by atoms with Gasteiger partial charge in [-0.05, 0) is 17.9 Å². The van der Waals surface area contributed by atoms with Crippen LogP contribution in [0, 0.1) is 0 Å².